The molecule has 2 N–H and O–H groups in total. The zero-order chi connectivity index (χ0) is 20.4. The quantitative estimate of drug-likeness (QED) is 0.613. The minimum Gasteiger partial charge on any atom is -0.366 e. The minimum absolute atomic E-state index is 0.0235. The van der Waals surface area contributed by atoms with Crippen molar-refractivity contribution in [2.24, 2.45) is 0 Å². The van der Waals surface area contributed by atoms with Crippen LogP contribution in [-0.4, -0.2) is 35.9 Å². The van der Waals surface area contributed by atoms with Crippen molar-refractivity contribution in [3.05, 3.63) is 63.7 Å². The van der Waals surface area contributed by atoms with Crippen LogP contribution in [0.4, 0.5) is 17.1 Å². The SMILES string of the molecule is O=C1CCc2cc([N+](=O)[O-])c(N3CCC(NC(=O)c4ccccc4)CC3)cc2N1. The second-order valence-electron chi connectivity index (χ2n) is 7.40. The van der Waals surface area contributed by atoms with Gasteiger partial charge in [0.05, 0.1) is 4.92 Å². The van der Waals surface area contributed by atoms with E-state index >= 15 is 0 Å². The molecule has 4 rings (SSSR count). The Kier molecular flexibility index (Phi) is 5.16. The van der Waals surface area contributed by atoms with Crippen molar-refractivity contribution in [1.82, 2.24) is 5.32 Å². The summed E-state index contributed by atoms with van der Waals surface area (Å²) in [6, 6.07) is 12.4. The third-order valence-corrected chi connectivity index (χ3v) is 5.50. The second kappa shape index (κ2) is 7.90. The number of nitro benzene ring substituents is 1. The van der Waals surface area contributed by atoms with Gasteiger partial charge in [-0.3, -0.25) is 19.7 Å². The number of piperidine rings is 1. The number of hydrogen-bond acceptors (Lipinski definition) is 5. The van der Waals surface area contributed by atoms with Crippen LogP contribution in [0.5, 0.6) is 0 Å². The average Bonchev–Trinajstić information content (AvgIpc) is 2.74. The van der Waals surface area contributed by atoms with Crippen LogP contribution < -0.4 is 15.5 Å². The van der Waals surface area contributed by atoms with Gasteiger partial charge < -0.3 is 15.5 Å². The molecule has 0 unspecified atom stereocenters. The van der Waals surface area contributed by atoms with Crippen LogP contribution in [-0.2, 0) is 11.2 Å². The Labute approximate surface area is 168 Å². The predicted octanol–water partition coefficient (Wildman–Crippen LogP) is 2.88. The van der Waals surface area contributed by atoms with Gasteiger partial charge in [0.15, 0.2) is 0 Å². The number of fused-ring (bicyclic) bond motifs is 1. The van der Waals surface area contributed by atoms with Gasteiger partial charge in [-0.25, -0.2) is 0 Å². The fourth-order valence-corrected chi connectivity index (χ4v) is 3.93. The van der Waals surface area contributed by atoms with Gasteiger partial charge in [0.2, 0.25) is 5.91 Å². The third-order valence-electron chi connectivity index (χ3n) is 5.50. The maximum absolute atomic E-state index is 12.3. The number of carbonyl (C=O) groups excluding carboxylic acids is 2. The first-order valence-corrected chi connectivity index (χ1v) is 9.73. The zero-order valence-corrected chi connectivity index (χ0v) is 15.9. The Morgan fingerprint density at radius 3 is 2.55 bits per heavy atom. The minimum atomic E-state index is -0.366. The van der Waals surface area contributed by atoms with Crippen molar-refractivity contribution >= 4 is 28.9 Å². The van der Waals surface area contributed by atoms with Crippen molar-refractivity contribution in [3.63, 3.8) is 0 Å². The molecule has 2 amide bonds. The van der Waals surface area contributed by atoms with Crippen LogP contribution in [0.25, 0.3) is 0 Å². The summed E-state index contributed by atoms with van der Waals surface area (Å²) in [7, 11) is 0. The lowest BCUT2D eigenvalue weighted by Gasteiger charge is -2.34. The van der Waals surface area contributed by atoms with Gasteiger partial charge in [-0.05, 0) is 43.0 Å². The molecule has 8 heteroatoms. The van der Waals surface area contributed by atoms with Gasteiger partial charge in [-0.2, -0.15) is 0 Å². The number of aryl methyl sites for hydroxylation is 1. The van der Waals surface area contributed by atoms with E-state index in [1.165, 1.54) is 0 Å². The highest BCUT2D eigenvalue weighted by Gasteiger charge is 2.28. The number of rotatable bonds is 4. The molecule has 0 spiro atoms. The molecule has 0 bridgehead atoms. The summed E-state index contributed by atoms with van der Waals surface area (Å²) in [5.41, 5.74) is 2.65. The highest BCUT2D eigenvalue weighted by Crippen LogP contribution is 2.37. The van der Waals surface area contributed by atoms with Crippen molar-refractivity contribution in [3.8, 4) is 0 Å². The maximum atomic E-state index is 12.3. The lowest BCUT2D eigenvalue weighted by Crippen LogP contribution is -2.44. The highest BCUT2D eigenvalue weighted by molar-refractivity contribution is 5.95. The molecule has 1 saturated heterocycles. The molecule has 0 radical (unpaired) electrons. The monoisotopic (exact) mass is 394 g/mol. The molecule has 150 valence electrons. The van der Waals surface area contributed by atoms with Gasteiger partial charge in [0, 0.05) is 42.9 Å². The molecule has 2 heterocycles. The summed E-state index contributed by atoms with van der Waals surface area (Å²) >= 11 is 0. The van der Waals surface area contributed by atoms with E-state index in [1.807, 2.05) is 23.1 Å². The van der Waals surface area contributed by atoms with E-state index in [9.17, 15) is 19.7 Å². The maximum Gasteiger partial charge on any atom is 0.292 e. The molecule has 2 aromatic rings. The summed E-state index contributed by atoms with van der Waals surface area (Å²) in [5.74, 6) is -0.175. The van der Waals surface area contributed by atoms with E-state index in [2.05, 4.69) is 10.6 Å². The van der Waals surface area contributed by atoms with Gasteiger partial charge in [0.1, 0.15) is 5.69 Å². The number of anilines is 2. The molecular formula is C21H22N4O4. The predicted molar refractivity (Wildman–Crippen MR) is 109 cm³/mol. The highest BCUT2D eigenvalue weighted by atomic mass is 16.6. The number of nitrogens with zero attached hydrogens (tertiary/aromatic N) is 2. The van der Waals surface area contributed by atoms with Gasteiger partial charge in [-0.15, -0.1) is 0 Å². The molecule has 29 heavy (non-hydrogen) atoms. The molecule has 2 aliphatic rings. The van der Waals surface area contributed by atoms with Gasteiger partial charge in [0.25, 0.3) is 11.6 Å². The first-order chi connectivity index (χ1) is 14.0. The van der Waals surface area contributed by atoms with Crippen LogP contribution in [0.1, 0.15) is 35.2 Å². The Morgan fingerprint density at radius 1 is 1.14 bits per heavy atom. The molecule has 1 fully saturated rings. The third kappa shape index (κ3) is 4.06. The molecule has 0 aliphatic carbocycles. The molecule has 0 atom stereocenters. The Hall–Kier alpha value is -3.42. The Bertz CT molecular complexity index is 953. The number of nitrogens with one attached hydrogen (secondary N) is 2. The molecule has 0 aromatic heterocycles. The Morgan fingerprint density at radius 2 is 1.86 bits per heavy atom. The van der Waals surface area contributed by atoms with E-state index in [-0.39, 0.29) is 28.5 Å². The smallest absolute Gasteiger partial charge is 0.292 e. The van der Waals surface area contributed by atoms with Crippen LogP contribution in [0.2, 0.25) is 0 Å². The largest absolute Gasteiger partial charge is 0.366 e. The van der Waals surface area contributed by atoms with Gasteiger partial charge >= 0.3 is 0 Å². The van der Waals surface area contributed by atoms with Gasteiger partial charge in [-0.1, -0.05) is 18.2 Å². The molecule has 0 saturated carbocycles. The average molecular weight is 394 g/mol. The number of hydrogen-bond donors (Lipinski definition) is 2. The number of nitro groups is 1. The van der Waals surface area contributed by atoms with Crippen molar-refractivity contribution in [1.29, 1.82) is 0 Å². The van der Waals surface area contributed by atoms with Crippen LogP contribution >= 0.6 is 0 Å². The van der Waals surface area contributed by atoms with Crippen LogP contribution in [0, 0.1) is 10.1 Å². The fraction of sp³-hybridized carbons (Fsp3) is 0.333. The summed E-state index contributed by atoms with van der Waals surface area (Å²) in [5, 5.41) is 17.5. The van der Waals surface area contributed by atoms with Crippen molar-refractivity contribution in [2.75, 3.05) is 23.3 Å². The molecule has 2 aromatic carbocycles. The van der Waals surface area contributed by atoms with E-state index < -0.39 is 0 Å². The molecular weight excluding hydrogens is 372 g/mol. The molecule has 8 nitrogen and oxygen atoms in total. The van der Waals surface area contributed by atoms with Crippen LogP contribution in [0.15, 0.2) is 42.5 Å². The zero-order valence-electron chi connectivity index (χ0n) is 15.9. The van der Waals surface area contributed by atoms with E-state index in [0.29, 0.717) is 55.7 Å². The standard InChI is InChI=1S/C21H22N4O4/c26-20-7-6-15-12-19(25(28)29)18(13-17(15)23-20)24-10-8-16(9-11-24)22-21(27)14-4-2-1-3-5-14/h1-5,12-13,16H,6-11H2,(H,22,27)(H,23,26). The summed E-state index contributed by atoms with van der Waals surface area (Å²) < 4.78 is 0. The lowest BCUT2D eigenvalue weighted by atomic mass is 9.99. The van der Waals surface area contributed by atoms with Crippen molar-refractivity contribution < 1.29 is 14.5 Å². The van der Waals surface area contributed by atoms with Crippen molar-refractivity contribution in [2.45, 2.75) is 31.7 Å². The van der Waals surface area contributed by atoms with E-state index in [4.69, 9.17) is 0 Å². The first kappa shape index (κ1) is 18.9. The number of benzene rings is 2. The fourth-order valence-electron chi connectivity index (χ4n) is 3.93. The van der Waals surface area contributed by atoms with Crippen LogP contribution in [0.3, 0.4) is 0 Å². The first-order valence-electron chi connectivity index (χ1n) is 9.73. The lowest BCUT2D eigenvalue weighted by molar-refractivity contribution is -0.384. The van der Waals surface area contributed by atoms with E-state index in [0.717, 1.165) is 5.56 Å². The normalized spacial score (nSPS) is 16.7. The summed E-state index contributed by atoms with van der Waals surface area (Å²) in [4.78, 5) is 37.3. The summed E-state index contributed by atoms with van der Waals surface area (Å²) in [6.45, 7) is 1.18. The summed E-state index contributed by atoms with van der Waals surface area (Å²) in [6.07, 6.45) is 2.24. The molecule has 2 aliphatic heterocycles. The topological polar surface area (TPSA) is 105 Å². The Balaban J connectivity index is 1.47. The number of amides is 2. The van der Waals surface area contributed by atoms with E-state index in [1.54, 1.807) is 24.3 Å². The second-order valence-corrected chi connectivity index (χ2v) is 7.40. The number of carbonyl (C=O) groups is 2.